The van der Waals surface area contributed by atoms with E-state index in [0.29, 0.717) is 6.42 Å². The Labute approximate surface area is 198 Å². The van der Waals surface area contributed by atoms with E-state index in [1.54, 1.807) is 0 Å². The van der Waals surface area contributed by atoms with Crippen LogP contribution in [0.5, 0.6) is 0 Å². The van der Waals surface area contributed by atoms with Crippen LogP contribution in [0.25, 0.3) is 11.1 Å². The molecular formula is C27H30N2O5. The molecule has 3 aliphatic rings. The van der Waals surface area contributed by atoms with Gasteiger partial charge in [0.2, 0.25) is 5.91 Å². The van der Waals surface area contributed by atoms with Crippen molar-refractivity contribution >= 4 is 18.0 Å². The first kappa shape index (κ1) is 22.4. The van der Waals surface area contributed by atoms with Crippen LogP contribution in [-0.4, -0.2) is 41.8 Å². The maximum atomic E-state index is 12.9. The third-order valence-corrected chi connectivity index (χ3v) is 7.34. The monoisotopic (exact) mass is 462 g/mol. The highest BCUT2D eigenvalue weighted by molar-refractivity contribution is 5.86. The standard InChI is InChI=1S/C27H30N2O5/c30-24(31)14-16-9-12-18(13-16)28-26(32)25(17-10-11-17)29-27(33)34-15-23-21-7-3-1-5-19(21)20-6-2-4-8-22(20)23/h1-8,16-18,23,25H,9-15H2,(H,28,32)(H,29,33)(H,30,31). The quantitative estimate of drug-likeness (QED) is 0.549. The van der Waals surface area contributed by atoms with Crippen molar-refractivity contribution in [1.82, 2.24) is 10.6 Å². The van der Waals surface area contributed by atoms with Crippen molar-refractivity contribution in [2.45, 2.75) is 56.5 Å². The highest BCUT2D eigenvalue weighted by atomic mass is 16.5. The second-order valence-electron chi connectivity index (χ2n) is 9.77. The molecule has 0 heterocycles. The molecule has 2 amide bonds. The van der Waals surface area contributed by atoms with Crippen LogP contribution in [0, 0.1) is 11.8 Å². The first-order chi connectivity index (χ1) is 16.5. The minimum atomic E-state index is -0.801. The van der Waals surface area contributed by atoms with Crippen molar-refractivity contribution in [3.05, 3.63) is 59.7 Å². The minimum Gasteiger partial charge on any atom is -0.481 e. The zero-order valence-electron chi connectivity index (χ0n) is 19.0. The van der Waals surface area contributed by atoms with Gasteiger partial charge in [0, 0.05) is 18.4 Å². The van der Waals surface area contributed by atoms with E-state index in [0.717, 1.165) is 36.8 Å². The lowest BCUT2D eigenvalue weighted by molar-refractivity contribution is -0.138. The van der Waals surface area contributed by atoms with Crippen molar-refractivity contribution in [3.63, 3.8) is 0 Å². The third kappa shape index (κ3) is 4.79. The lowest BCUT2D eigenvalue weighted by Crippen LogP contribution is -2.50. The van der Waals surface area contributed by atoms with Gasteiger partial charge in [-0.25, -0.2) is 4.79 Å². The Kier molecular flexibility index (Phi) is 6.26. The van der Waals surface area contributed by atoms with Gasteiger partial charge in [-0.1, -0.05) is 48.5 Å². The maximum absolute atomic E-state index is 12.9. The molecule has 3 unspecified atom stereocenters. The zero-order chi connectivity index (χ0) is 23.7. The second-order valence-corrected chi connectivity index (χ2v) is 9.77. The molecule has 3 N–H and O–H groups in total. The zero-order valence-corrected chi connectivity index (χ0v) is 19.0. The third-order valence-electron chi connectivity index (χ3n) is 7.34. The smallest absolute Gasteiger partial charge is 0.407 e. The van der Waals surface area contributed by atoms with Crippen molar-refractivity contribution in [2.24, 2.45) is 11.8 Å². The fourth-order valence-electron chi connectivity index (χ4n) is 5.52. The predicted octanol–water partition coefficient (Wildman–Crippen LogP) is 4.06. The van der Waals surface area contributed by atoms with Crippen LogP contribution in [0.4, 0.5) is 4.79 Å². The largest absolute Gasteiger partial charge is 0.481 e. The van der Waals surface area contributed by atoms with Crippen LogP contribution in [0.2, 0.25) is 0 Å². The summed E-state index contributed by atoms with van der Waals surface area (Å²) in [6, 6.07) is 15.7. The van der Waals surface area contributed by atoms with Gasteiger partial charge in [-0.15, -0.1) is 0 Å². The molecule has 2 aromatic carbocycles. The Hall–Kier alpha value is -3.35. The summed E-state index contributed by atoms with van der Waals surface area (Å²) in [5.74, 6) is -0.813. The van der Waals surface area contributed by atoms with Crippen molar-refractivity contribution in [3.8, 4) is 11.1 Å². The SMILES string of the molecule is O=C(O)CC1CCC(NC(=O)C(NC(=O)OCC2c3ccccc3-c3ccccc32)C2CC2)C1. The highest BCUT2D eigenvalue weighted by Crippen LogP contribution is 2.44. The van der Waals surface area contributed by atoms with E-state index in [1.165, 1.54) is 11.1 Å². The topological polar surface area (TPSA) is 105 Å². The van der Waals surface area contributed by atoms with E-state index < -0.39 is 18.1 Å². The normalized spacial score (nSPS) is 21.9. The number of benzene rings is 2. The highest BCUT2D eigenvalue weighted by Gasteiger charge is 2.39. The van der Waals surface area contributed by atoms with E-state index in [9.17, 15) is 14.4 Å². The molecule has 178 valence electrons. The Morgan fingerprint density at radius 2 is 1.59 bits per heavy atom. The van der Waals surface area contributed by atoms with Gasteiger partial charge in [0.1, 0.15) is 12.6 Å². The number of hydrogen-bond acceptors (Lipinski definition) is 4. The molecule has 3 aliphatic carbocycles. The number of carboxylic acids is 1. The number of ether oxygens (including phenoxy) is 1. The first-order valence-electron chi connectivity index (χ1n) is 12.1. The van der Waals surface area contributed by atoms with Gasteiger partial charge in [0.15, 0.2) is 0 Å². The molecule has 0 aromatic heterocycles. The first-order valence-corrected chi connectivity index (χ1v) is 12.1. The van der Waals surface area contributed by atoms with Gasteiger partial charge < -0.3 is 20.5 Å². The minimum absolute atomic E-state index is 0.0315. The number of aliphatic carboxylic acids is 1. The number of hydrogen-bond donors (Lipinski definition) is 3. The number of rotatable bonds is 8. The molecule has 34 heavy (non-hydrogen) atoms. The number of alkyl carbamates (subject to hydrolysis) is 1. The summed E-state index contributed by atoms with van der Waals surface area (Å²) in [4.78, 5) is 36.6. The Morgan fingerprint density at radius 3 is 2.21 bits per heavy atom. The molecule has 0 radical (unpaired) electrons. The number of carbonyl (C=O) groups excluding carboxylic acids is 2. The van der Waals surface area contributed by atoms with E-state index in [2.05, 4.69) is 34.9 Å². The average molecular weight is 463 g/mol. The molecule has 5 rings (SSSR count). The summed E-state index contributed by atoms with van der Waals surface area (Å²) in [6.45, 7) is 0.207. The molecule has 0 spiro atoms. The van der Waals surface area contributed by atoms with Crippen LogP contribution < -0.4 is 10.6 Å². The van der Waals surface area contributed by atoms with Crippen LogP contribution in [0.15, 0.2) is 48.5 Å². The summed E-state index contributed by atoms with van der Waals surface area (Å²) >= 11 is 0. The maximum Gasteiger partial charge on any atom is 0.407 e. The van der Waals surface area contributed by atoms with Gasteiger partial charge in [-0.2, -0.15) is 0 Å². The van der Waals surface area contributed by atoms with Gasteiger partial charge in [0.25, 0.3) is 0 Å². The Bertz CT molecular complexity index is 1050. The molecule has 2 aromatic rings. The van der Waals surface area contributed by atoms with Crippen molar-refractivity contribution in [1.29, 1.82) is 0 Å². The molecular weight excluding hydrogens is 432 g/mol. The number of fused-ring (bicyclic) bond motifs is 3. The van der Waals surface area contributed by atoms with Crippen LogP contribution >= 0.6 is 0 Å². The summed E-state index contributed by atoms with van der Waals surface area (Å²) in [5, 5.41) is 14.8. The molecule has 7 nitrogen and oxygen atoms in total. The molecule has 2 saturated carbocycles. The lowest BCUT2D eigenvalue weighted by Gasteiger charge is -2.21. The molecule has 2 fully saturated rings. The molecule has 0 bridgehead atoms. The summed E-state index contributed by atoms with van der Waals surface area (Å²) in [7, 11) is 0. The predicted molar refractivity (Wildman–Crippen MR) is 126 cm³/mol. The van der Waals surface area contributed by atoms with E-state index in [1.807, 2.05) is 24.3 Å². The van der Waals surface area contributed by atoms with Crippen molar-refractivity contribution in [2.75, 3.05) is 6.61 Å². The summed E-state index contributed by atoms with van der Waals surface area (Å²) in [6.07, 6.45) is 3.58. The summed E-state index contributed by atoms with van der Waals surface area (Å²) in [5.41, 5.74) is 4.62. The fourth-order valence-corrected chi connectivity index (χ4v) is 5.52. The van der Waals surface area contributed by atoms with E-state index in [-0.39, 0.29) is 42.7 Å². The van der Waals surface area contributed by atoms with E-state index >= 15 is 0 Å². The van der Waals surface area contributed by atoms with Crippen LogP contribution in [-0.2, 0) is 14.3 Å². The number of amides is 2. The molecule has 0 saturated heterocycles. The second kappa shape index (κ2) is 9.49. The van der Waals surface area contributed by atoms with Gasteiger partial charge >= 0.3 is 12.1 Å². The van der Waals surface area contributed by atoms with Crippen LogP contribution in [0.3, 0.4) is 0 Å². The molecule has 3 atom stereocenters. The number of nitrogens with one attached hydrogen (secondary N) is 2. The Balaban J connectivity index is 1.18. The lowest BCUT2D eigenvalue weighted by atomic mass is 9.98. The number of carboxylic acid groups (broad SMARTS) is 1. The van der Waals surface area contributed by atoms with Gasteiger partial charge in [-0.3, -0.25) is 9.59 Å². The van der Waals surface area contributed by atoms with E-state index in [4.69, 9.17) is 9.84 Å². The van der Waals surface area contributed by atoms with Crippen LogP contribution in [0.1, 0.15) is 55.6 Å². The average Bonchev–Trinajstić information content (AvgIpc) is 3.49. The Morgan fingerprint density at radius 1 is 0.941 bits per heavy atom. The number of carbonyl (C=O) groups is 3. The van der Waals surface area contributed by atoms with Gasteiger partial charge in [0.05, 0.1) is 0 Å². The van der Waals surface area contributed by atoms with Gasteiger partial charge in [-0.05, 0) is 66.2 Å². The fraction of sp³-hybridized carbons (Fsp3) is 0.444. The summed E-state index contributed by atoms with van der Waals surface area (Å²) < 4.78 is 5.63. The molecule has 0 aliphatic heterocycles. The van der Waals surface area contributed by atoms with Crippen molar-refractivity contribution < 1.29 is 24.2 Å². The molecule has 7 heteroatoms.